The lowest BCUT2D eigenvalue weighted by Gasteiger charge is -2.11. The van der Waals surface area contributed by atoms with E-state index in [1.54, 1.807) is 19.2 Å². The molecule has 0 radical (unpaired) electrons. The fourth-order valence-electron chi connectivity index (χ4n) is 3.06. The number of hydrogen-bond donors (Lipinski definition) is 2. The molecule has 30 heavy (non-hydrogen) atoms. The number of nitrogens with one attached hydrogen (secondary N) is 2. The van der Waals surface area contributed by atoms with E-state index in [-0.39, 0.29) is 11.3 Å². The average molecular weight is 405 g/mol. The Morgan fingerprint density at radius 2 is 1.70 bits per heavy atom. The summed E-state index contributed by atoms with van der Waals surface area (Å²) in [6.07, 6.45) is 0. The number of carbonyl (C=O) groups excluding carboxylic acids is 1. The fraction of sp³-hybridized carbons (Fsp3) is 0.174. The highest BCUT2D eigenvalue weighted by atomic mass is 16.6. The van der Waals surface area contributed by atoms with Crippen molar-refractivity contribution >= 4 is 23.0 Å². The van der Waals surface area contributed by atoms with E-state index in [1.807, 2.05) is 56.3 Å². The largest absolute Gasteiger partial charge is 0.497 e. The number of benzene rings is 3. The zero-order chi connectivity index (χ0) is 21.7. The molecule has 0 saturated carbocycles. The molecule has 0 unspecified atom stereocenters. The normalized spacial score (nSPS) is 10.4. The molecular formula is C23H23N3O4. The van der Waals surface area contributed by atoms with Crippen molar-refractivity contribution < 1.29 is 14.5 Å². The zero-order valence-electron chi connectivity index (χ0n) is 17.1. The van der Waals surface area contributed by atoms with Gasteiger partial charge in [0.25, 0.3) is 11.6 Å². The molecule has 2 N–H and O–H groups in total. The van der Waals surface area contributed by atoms with E-state index in [0.717, 1.165) is 22.4 Å². The maximum atomic E-state index is 12.6. The summed E-state index contributed by atoms with van der Waals surface area (Å²) < 4.78 is 5.13. The van der Waals surface area contributed by atoms with Crippen LogP contribution in [0.3, 0.4) is 0 Å². The number of rotatable bonds is 7. The second-order valence-electron chi connectivity index (χ2n) is 6.96. The van der Waals surface area contributed by atoms with Gasteiger partial charge in [-0.05, 0) is 55.3 Å². The van der Waals surface area contributed by atoms with Gasteiger partial charge in [-0.2, -0.15) is 0 Å². The van der Waals surface area contributed by atoms with E-state index in [2.05, 4.69) is 10.6 Å². The van der Waals surface area contributed by atoms with Crippen LogP contribution in [-0.2, 0) is 6.54 Å². The van der Waals surface area contributed by atoms with Crippen molar-refractivity contribution in [1.82, 2.24) is 0 Å². The molecule has 154 valence electrons. The predicted molar refractivity (Wildman–Crippen MR) is 117 cm³/mol. The van der Waals surface area contributed by atoms with Gasteiger partial charge in [-0.15, -0.1) is 0 Å². The lowest BCUT2D eigenvalue weighted by atomic mass is 10.1. The quantitative estimate of drug-likeness (QED) is 0.422. The first-order chi connectivity index (χ1) is 14.4. The summed E-state index contributed by atoms with van der Waals surface area (Å²) in [4.78, 5) is 23.7. The Balaban J connectivity index is 1.76. The summed E-state index contributed by atoms with van der Waals surface area (Å²) in [5.74, 6) is 0.343. The number of anilines is 2. The van der Waals surface area contributed by atoms with E-state index in [1.165, 1.54) is 6.07 Å². The molecule has 3 aromatic carbocycles. The van der Waals surface area contributed by atoms with Crippen molar-refractivity contribution in [2.75, 3.05) is 17.7 Å². The number of ether oxygens (including phenoxy) is 1. The monoisotopic (exact) mass is 405 g/mol. The molecule has 0 saturated heterocycles. The number of carbonyl (C=O) groups is 1. The first kappa shape index (κ1) is 20.9. The van der Waals surface area contributed by atoms with Gasteiger partial charge in [-0.3, -0.25) is 14.9 Å². The lowest BCUT2D eigenvalue weighted by Crippen LogP contribution is -2.13. The summed E-state index contributed by atoms with van der Waals surface area (Å²) >= 11 is 0. The van der Waals surface area contributed by atoms with Gasteiger partial charge in [-0.25, -0.2) is 0 Å². The van der Waals surface area contributed by atoms with Gasteiger partial charge in [0.05, 0.1) is 12.0 Å². The van der Waals surface area contributed by atoms with Crippen molar-refractivity contribution in [3.63, 3.8) is 0 Å². The summed E-state index contributed by atoms with van der Waals surface area (Å²) in [5, 5.41) is 17.4. The third-order valence-corrected chi connectivity index (χ3v) is 4.73. The minimum atomic E-state index is -0.496. The van der Waals surface area contributed by atoms with Crippen molar-refractivity contribution in [2.45, 2.75) is 20.4 Å². The Morgan fingerprint density at radius 1 is 1.00 bits per heavy atom. The molecule has 0 aromatic heterocycles. The van der Waals surface area contributed by atoms with Crippen LogP contribution >= 0.6 is 0 Å². The Bertz CT molecular complexity index is 1080. The van der Waals surface area contributed by atoms with E-state index in [4.69, 9.17) is 4.74 Å². The van der Waals surface area contributed by atoms with Gasteiger partial charge in [0.1, 0.15) is 11.4 Å². The van der Waals surface area contributed by atoms with Crippen molar-refractivity contribution in [2.24, 2.45) is 0 Å². The summed E-state index contributed by atoms with van der Waals surface area (Å²) in [5.41, 5.74) is 4.05. The lowest BCUT2D eigenvalue weighted by molar-refractivity contribution is -0.384. The molecule has 0 aliphatic carbocycles. The predicted octanol–water partition coefficient (Wildman–Crippen LogP) is 5.08. The maximum Gasteiger partial charge on any atom is 0.293 e. The molecule has 7 nitrogen and oxygen atoms in total. The standard InChI is InChI=1S/C23H23N3O4/c1-15-4-10-20(16(2)12-15)25-23(27)18-7-11-21(22(13-18)26(28)29)24-14-17-5-8-19(30-3)9-6-17/h4-13,24H,14H2,1-3H3,(H,25,27). The average Bonchev–Trinajstić information content (AvgIpc) is 2.74. The van der Waals surface area contributed by atoms with Crippen LogP contribution in [0.1, 0.15) is 27.0 Å². The number of nitro benzene ring substituents is 1. The van der Waals surface area contributed by atoms with Crippen molar-refractivity contribution in [3.05, 3.63) is 93.0 Å². The van der Waals surface area contributed by atoms with E-state index >= 15 is 0 Å². The van der Waals surface area contributed by atoms with Crippen LogP contribution in [-0.4, -0.2) is 17.9 Å². The van der Waals surface area contributed by atoms with Crippen LogP contribution in [0, 0.1) is 24.0 Å². The summed E-state index contributed by atoms with van der Waals surface area (Å²) in [6.45, 7) is 4.27. The third-order valence-electron chi connectivity index (χ3n) is 4.73. The molecule has 0 aliphatic rings. The molecule has 0 bridgehead atoms. The molecule has 3 rings (SSSR count). The zero-order valence-corrected chi connectivity index (χ0v) is 17.1. The number of methoxy groups -OCH3 is 1. The molecule has 0 heterocycles. The van der Waals surface area contributed by atoms with E-state index in [9.17, 15) is 14.9 Å². The van der Waals surface area contributed by atoms with Crippen molar-refractivity contribution in [3.8, 4) is 5.75 Å². The molecule has 0 spiro atoms. The topological polar surface area (TPSA) is 93.5 Å². The SMILES string of the molecule is COc1ccc(CNc2ccc(C(=O)Nc3ccc(C)cc3C)cc2[N+](=O)[O-])cc1. The second kappa shape index (κ2) is 9.09. The molecule has 7 heteroatoms. The second-order valence-corrected chi connectivity index (χ2v) is 6.96. The molecule has 0 fully saturated rings. The third kappa shape index (κ3) is 4.94. The highest BCUT2D eigenvalue weighted by Crippen LogP contribution is 2.27. The molecule has 3 aromatic rings. The van der Waals surface area contributed by atoms with Crippen LogP contribution < -0.4 is 15.4 Å². The van der Waals surface area contributed by atoms with Crippen LogP contribution in [0.4, 0.5) is 17.1 Å². The smallest absolute Gasteiger partial charge is 0.293 e. The number of amides is 1. The summed E-state index contributed by atoms with van der Waals surface area (Å²) in [6, 6.07) is 17.5. The molecule has 0 atom stereocenters. The van der Waals surface area contributed by atoms with E-state index in [0.29, 0.717) is 17.9 Å². The highest BCUT2D eigenvalue weighted by Gasteiger charge is 2.18. The fourth-order valence-corrected chi connectivity index (χ4v) is 3.06. The van der Waals surface area contributed by atoms with Crippen LogP contribution in [0.15, 0.2) is 60.7 Å². The maximum absolute atomic E-state index is 12.6. The molecule has 0 aliphatic heterocycles. The van der Waals surface area contributed by atoms with Gasteiger partial charge >= 0.3 is 0 Å². The molecule has 1 amide bonds. The van der Waals surface area contributed by atoms with Gasteiger partial charge in [0.2, 0.25) is 0 Å². The van der Waals surface area contributed by atoms with Gasteiger partial charge in [0, 0.05) is 23.9 Å². The first-order valence-corrected chi connectivity index (χ1v) is 9.41. The minimum absolute atomic E-state index is 0.156. The van der Waals surface area contributed by atoms with E-state index < -0.39 is 10.8 Å². The van der Waals surface area contributed by atoms with Gasteiger partial charge < -0.3 is 15.4 Å². The Kier molecular flexibility index (Phi) is 6.32. The Hall–Kier alpha value is -3.87. The first-order valence-electron chi connectivity index (χ1n) is 9.41. The number of hydrogen-bond acceptors (Lipinski definition) is 5. The van der Waals surface area contributed by atoms with Crippen LogP contribution in [0.5, 0.6) is 5.75 Å². The van der Waals surface area contributed by atoms with Crippen molar-refractivity contribution in [1.29, 1.82) is 0 Å². The number of nitro groups is 1. The van der Waals surface area contributed by atoms with Crippen LogP contribution in [0.2, 0.25) is 0 Å². The van der Waals surface area contributed by atoms with Gasteiger partial charge in [-0.1, -0.05) is 29.8 Å². The number of aryl methyl sites for hydroxylation is 2. The number of nitrogens with zero attached hydrogens (tertiary/aromatic N) is 1. The Labute approximate surface area is 174 Å². The Morgan fingerprint density at radius 3 is 2.33 bits per heavy atom. The summed E-state index contributed by atoms with van der Waals surface area (Å²) in [7, 11) is 1.59. The minimum Gasteiger partial charge on any atom is -0.497 e. The van der Waals surface area contributed by atoms with Crippen LogP contribution in [0.25, 0.3) is 0 Å². The highest BCUT2D eigenvalue weighted by molar-refractivity contribution is 6.05. The molecular weight excluding hydrogens is 382 g/mol. The van der Waals surface area contributed by atoms with Gasteiger partial charge in [0.15, 0.2) is 0 Å².